The summed E-state index contributed by atoms with van der Waals surface area (Å²) >= 11 is 0. The third kappa shape index (κ3) is 4.32. The van der Waals surface area contributed by atoms with Crippen molar-refractivity contribution in [2.75, 3.05) is 13.1 Å². The van der Waals surface area contributed by atoms with Crippen molar-refractivity contribution >= 4 is 24.3 Å². The van der Waals surface area contributed by atoms with Gasteiger partial charge in [-0.3, -0.25) is 9.69 Å². The minimum Gasteiger partial charge on any atom is -0.322 e. The van der Waals surface area contributed by atoms with Crippen molar-refractivity contribution in [1.82, 2.24) is 15.5 Å². The van der Waals surface area contributed by atoms with Crippen LogP contribution < -0.4 is 10.6 Å². The molecule has 2 aliphatic heterocycles. The molecule has 2 aromatic rings. The van der Waals surface area contributed by atoms with Gasteiger partial charge < -0.3 is 10.6 Å². The molecule has 2 aromatic carbocycles. The average molecular weight is 436 g/mol. The van der Waals surface area contributed by atoms with E-state index in [0.717, 1.165) is 31.5 Å². The molecule has 2 fully saturated rings. The standard InChI is InChI=1S/C22H23F2N3O2.ClH/c23-18-6-4-15(5-7-18)13-22(17-8-10-25-11-9-17)20(28)27(21(29)26-22)14-16-2-1-3-19(24)12-16;/h1-7,12,17,25H,8-11,13-14H2,(H,26,29);1H. The average Bonchev–Trinajstić information content (AvgIpc) is 2.95. The second kappa shape index (κ2) is 9.10. The van der Waals surface area contributed by atoms with Crippen LogP contribution in [0, 0.1) is 17.6 Å². The zero-order valence-electron chi connectivity index (χ0n) is 16.4. The molecule has 4 rings (SSSR count). The van der Waals surface area contributed by atoms with Crippen LogP contribution in [0.5, 0.6) is 0 Å². The fourth-order valence-electron chi connectivity index (χ4n) is 4.39. The Morgan fingerprint density at radius 3 is 2.33 bits per heavy atom. The van der Waals surface area contributed by atoms with E-state index < -0.39 is 17.4 Å². The third-order valence-corrected chi connectivity index (χ3v) is 5.86. The number of carbonyl (C=O) groups is 2. The number of nitrogens with zero attached hydrogens (tertiary/aromatic N) is 1. The number of amides is 3. The second-order valence-corrected chi connectivity index (χ2v) is 7.75. The molecule has 8 heteroatoms. The number of halogens is 3. The van der Waals surface area contributed by atoms with Gasteiger partial charge in [0.25, 0.3) is 5.91 Å². The minimum absolute atomic E-state index is 0. The topological polar surface area (TPSA) is 61.4 Å². The van der Waals surface area contributed by atoms with Crippen LogP contribution in [0.1, 0.15) is 24.0 Å². The fraction of sp³-hybridized carbons (Fsp3) is 0.364. The van der Waals surface area contributed by atoms with Crippen LogP contribution in [0.25, 0.3) is 0 Å². The molecule has 1 unspecified atom stereocenters. The molecule has 0 radical (unpaired) electrons. The van der Waals surface area contributed by atoms with Gasteiger partial charge in [-0.05, 0) is 67.2 Å². The molecule has 3 amide bonds. The Balaban J connectivity index is 0.00000256. The van der Waals surface area contributed by atoms with E-state index in [0.29, 0.717) is 12.0 Å². The Morgan fingerprint density at radius 2 is 1.67 bits per heavy atom. The maximum absolute atomic E-state index is 13.6. The van der Waals surface area contributed by atoms with Crippen molar-refractivity contribution in [3.8, 4) is 0 Å². The lowest BCUT2D eigenvalue weighted by atomic mass is 9.74. The van der Waals surface area contributed by atoms with Crippen LogP contribution in [-0.2, 0) is 17.8 Å². The Hall–Kier alpha value is -2.51. The number of carbonyl (C=O) groups excluding carboxylic acids is 2. The molecule has 0 aromatic heterocycles. The van der Waals surface area contributed by atoms with Gasteiger partial charge in [-0.1, -0.05) is 24.3 Å². The predicted molar refractivity (Wildman–Crippen MR) is 111 cm³/mol. The van der Waals surface area contributed by atoms with E-state index in [2.05, 4.69) is 10.6 Å². The highest BCUT2D eigenvalue weighted by molar-refractivity contribution is 6.07. The number of hydrogen-bond acceptors (Lipinski definition) is 3. The van der Waals surface area contributed by atoms with E-state index in [1.165, 1.54) is 29.2 Å². The number of rotatable bonds is 5. The van der Waals surface area contributed by atoms with Crippen molar-refractivity contribution < 1.29 is 18.4 Å². The Labute approximate surface area is 180 Å². The number of imide groups is 1. The van der Waals surface area contributed by atoms with Crippen LogP contribution >= 0.6 is 12.4 Å². The number of benzene rings is 2. The molecule has 0 bridgehead atoms. The first-order chi connectivity index (χ1) is 14.0. The molecule has 160 valence electrons. The van der Waals surface area contributed by atoms with E-state index in [1.54, 1.807) is 24.3 Å². The van der Waals surface area contributed by atoms with E-state index in [-0.39, 0.29) is 36.6 Å². The van der Waals surface area contributed by atoms with Gasteiger partial charge in [0.15, 0.2) is 0 Å². The van der Waals surface area contributed by atoms with Gasteiger partial charge in [0.2, 0.25) is 0 Å². The van der Waals surface area contributed by atoms with Crippen molar-refractivity contribution in [1.29, 1.82) is 0 Å². The zero-order valence-corrected chi connectivity index (χ0v) is 17.2. The first-order valence-corrected chi connectivity index (χ1v) is 9.82. The molecular formula is C22H24ClF2N3O2. The lowest BCUT2D eigenvalue weighted by Crippen LogP contribution is -2.57. The normalized spacial score (nSPS) is 22.0. The number of hydrogen-bond donors (Lipinski definition) is 2. The Kier molecular flexibility index (Phi) is 6.73. The maximum atomic E-state index is 13.6. The summed E-state index contributed by atoms with van der Waals surface area (Å²) in [7, 11) is 0. The summed E-state index contributed by atoms with van der Waals surface area (Å²) in [5, 5.41) is 6.24. The Bertz CT molecular complexity index is 919. The molecule has 5 nitrogen and oxygen atoms in total. The summed E-state index contributed by atoms with van der Waals surface area (Å²) in [6.45, 7) is 1.55. The second-order valence-electron chi connectivity index (χ2n) is 7.75. The molecule has 0 spiro atoms. The van der Waals surface area contributed by atoms with Crippen LogP contribution in [0.15, 0.2) is 48.5 Å². The van der Waals surface area contributed by atoms with Gasteiger partial charge in [0, 0.05) is 6.42 Å². The zero-order chi connectivity index (χ0) is 20.4. The van der Waals surface area contributed by atoms with Crippen molar-refractivity contribution in [3.63, 3.8) is 0 Å². The van der Waals surface area contributed by atoms with Gasteiger partial charge in [-0.25, -0.2) is 13.6 Å². The summed E-state index contributed by atoms with van der Waals surface area (Å²) in [5.41, 5.74) is 0.257. The SMILES string of the molecule is Cl.O=C1NC(Cc2ccc(F)cc2)(C2CCNCC2)C(=O)N1Cc1cccc(F)c1. The largest absolute Gasteiger partial charge is 0.325 e. The quantitative estimate of drug-likeness (QED) is 0.707. The molecule has 30 heavy (non-hydrogen) atoms. The molecular weight excluding hydrogens is 412 g/mol. The fourth-order valence-corrected chi connectivity index (χ4v) is 4.39. The van der Waals surface area contributed by atoms with Crippen LogP contribution in [0.4, 0.5) is 13.6 Å². The van der Waals surface area contributed by atoms with Crippen molar-refractivity contribution in [3.05, 3.63) is 71.3 Å². The van der Waals surface area contributed by atoms with E-state index >= 15 is 0 Å². The van der Waals surface area contributed by atoms with Gasteiger partial charge in [0.05, 0.1) is 6.54 Å². The van der Waals surface area contributed by atoms with Crippen molar-refractivity contribution in [2.24, 2.45) is 5.92 Å². The number of nitrogens with one attached hydrogen (secondary N) is 2. The van der Waals surface area contributed by atoms with Crippen LogP contribution in [0.2, 0.25) is 0 Å². The summed E-state index contributed by atoms with van der Waals surface area (Å²) in [4.78, 5) is 27.5. The molecule has 1 atom stereocenters. The predicted octanol–water partition coefficient (Wildman–Crippen LogP) is 3.42. The molecule has 0 saturated carbocycles. The van der Waals surface area contributed by atoms with E-state index in [4.69, 9.17) is 0 Å². The van der Waals surface area contributed by atoms with Gasteiger partial charge >= 0.3 is 6.03 Å². The summed E-state index contributed by atoms with van der Waals surface area (Å²) in [5.74, 6) is -1.10. The van der Waals surface area contributed by atoms with Crippen molar-refractivity contribution in [2.45, 2.75) is 31.3 Å². The highest BCUT2D eigenvalue weighted by Crippen LogP contribution is 2.36. The lowest BCUT2D eigenvalue weighted by Gasteiger charge is -2.38. The number of piperidine rings is 1. The van der Waals surface area contributed by atoms with Crippen LogP contribution in [-0.4, -0.2) is 35.5 Å². The highest BCUT2D eigenvalue weighted by Gasteiger charge is 2.55. The first-order valence-electron chi connectivity index (χ1n) is 9.82. The van der Waals surface area contributed by atoms with Gasteiger partial charge in [-0.2, -0.15) is 0 Å². The monoisotopic (exact) mass is 435 g/mol. The van der Waals surface area contributed by atoms with Gasteiger partial charge in [-0.15, -0.1) is 12.4 Å². The first kappa shape index (κ1) is 22.2. The minimum atomic E-state index is -1.08. The summed E-state index contributed by atoms with van der Waals surface area (Å²) in [6, 6.07) is 11.4. The van der Waals surface area contributed by atoms with E-state index in [9.17, 15) is 18.4 Å². The number of urea groups is 1. The highest BCUT2D eigenvalue weighted by atomic mass is 35.5. The van der Waals surface area contributed by atoms with Gasteiger partial charge in [0.1, 0.15) is 17.2 Å². The molecule has 2 heterocycles. The third-order valence-electron chi connectivity index (χ3n) is 5.86. The molecule has 2 saturated heterocycles. The van der Waals surface area contributed by atoms with E-state index in [1.807, 2.05) is 0 Å². The smallest absolute Gasteiger partial charge is 0.322 e. The summed E-state index contributed by atoms with van der Waals surface area (Å²) < 4.78 is 26.9. The summed E-state index contributed by atoms with van der Waals surface area (Å²) in [6.07, 6.45) is 1.80. The molecule has 2 aliphatic rings. The molecule has 2 N–H and O–H groups in total. The Morgan fingerprint density at radius 1 is 0.967 bits per heavy atom. The van der Waals surface area contributed by atoms with Crippen LogP contribution in [0.3, 0.4) is 0 Å². The maximum Gasteiger partial charge on any atom is 0.325 e. The molecule has 0 aliphatic carbocycles. The lowest BCUT2D eigenvalue weighted by molar-refractivity contribution is -0.134.